The van der Waals surface area contributed by atoms with Crippen molar-refractivity contribution in [1.29, 1.82) is 0 Å². The molecule has 1 aliphatic heterocycles. The predicted molar refractivity (Wildman–Crippen MR) is 155 cm³/mol. The van der Waals surface area contributed by atoms with Gasteiger partial charge in [-0.25, -0.2) is 9.55 Å². The van der Waals surface area contributed by atoms with Crippen molar-refractivity contribution < 1.29 is 14.4 Å². The van der Waals surface area contributed by atoms with Crippen molar-refractivity contribution in [3.63, 3.8) is 0 Å². The van der Waals surface area contributed by atoms with E-state index in [-0.39, 0.29) is 18.5 Å². The van der Waals surface area contributed by atoms with Crippen LogP contribution in [0.2, 0.25) is 0 Å². The summed E-state index contributed by atoms with van der Waals surface area (Å²) in [7, 11) is 1.64. The molecule has 0 aromatic carbocycles. The van der Waals surface area contributed by atoms with Crippen molar-refractivity contribution in [2.45, 2.75) is 44.4 Å². The fraction of sp³-hybridized carbons (Fsp3) is 0.429. The van der Waals surface area contributed by atoms with Crippen LogP contribution in [0.4, 0.5) is 11.6 Å². The summed E-state index contributed by atoms with van der Waals surface area (Å²) >= 11 is 0. The van der Waals surface area contributed by atoms with Gasteiger partial charge in [-0.05, 0) is 48.0 Å². The number of tetrazole rings is 1. The largest absolute Gasteiger partial charge is 0.474 e. The van der Waals surface area contributed by atoms with Gasteiger partial charge in [0.1, 0.15) is 24.2 Å². The molecule has 2 fully saturated rings. The average molecular weight is 586 g/mol. The molecule has 43 heavy (non-hydrogen) atoms. The maximum Gasteiger partial charge on any atom is 0.323 e. The van der Waals surface area contributed by atoms with E-state index in [9.17, 15) is 10.1 Å². The van der Waals surface area contributed by atoms with Crippen molar-refractivity contribution >= 4 is 22.5 Å². The number of imidazole rings is 1. The van der Waals surface area contributed by atoms with Gasteiger partial charge >= 0.3 is 5.82 Å². The second-order valence-electron chi connectivity index (χ2n) is 10.9. The Balaban J connectivity index is 1.16. The van der Waals surface area contributed by atoms with Crippen LogP contribution in [-0.4, -0.2) is 81.6 Å². The van der Waals surface area contributed by atoms with E-state index in [1.54, 1.807) is 19.3 Å². The molecule has 0 amide bonds. The van der Waals surface area contributed by atoms with Gasteiger partial charge in [0.25, 0.3) is 0 Å². The van der Waals surface area contributed by atoms with Gasteiger partial charge in [-0.3, -0.25) is 4.98 Å². The highest BCUT2D eigenvalue weighted by Crippen LogP contribution is 2.35. The van der Waals surface area contributed by atoms with Crippen LogP contribution in [0, 0.1) is 10.1 Å². The molecule has 15 nitrogen and oxygen atoms in total. The molecule has 1 saturated heterocycles. The average Bonchev–Trinajstić information content (AvgIpc) is 3.81. The number of fused-ring (bicyclic) bond motifs is 1. The van der Waals surface area contributed by atoms with Gasteiger partial charge in [-0.2, -0.15) is 9.78 Å². The Bertz CT molecular complexity index is 1730. The zero-order valence-corrected chi connectivity index (χ0v) is 23.7. The summed E-state index contributed by atoms with van der Waals surface area (Å²) < 4.78 is 15.9. The number of ether oxygens (including phenoxy) is 2. The summed E-state index contributed by atoms with van der Waals surface area (Å²) in [5.41, 5.74) is 2.13. The van der Waals surface area contributed by atoms with Crippen molar-refractivity contribution in [3.8, 4) is 17.3 Å². The Morgan fingerprint density at radius 3 is 2.72 bits per heavy atom. The molecule has 0 bridgehead atoms. The van der Waals surface area contributed by atoms with Crippen molar-refractivity contribution in [1.82, 2.24) is 44.3 Å². The van der Waals surface area contributed by atoms with Gasteiger partial charge in [0.2, 0.25) is 11.7 Å². The number of morpholine rings is 1. The van der Waals surface area contributed by atoms with Gasteiger partial charge in [0.15, 0.2) is 0 Å². The Morgan fingerprint density at radius 1 is 1.14 bits per heavy atom. The van der Waals surface area contributed by atoms with Crippen molar-refractivity contribution in [2.24, 2.45) is 7.05 Å². The molecule has 7 rings (SSSR count). The normalized spacial score (nSPS) is 19.1. The molecule has 0 atom stereocenters. The number of nitro groups is 1. The number of rotatable bonds is 8. The lowest BCUT2D eigenvalue weighted by Gasteiger charge is -2.31. The molecule has 0 radical (unpaired) electrons. The maximum absolute atomic E-state index is 11.2. The maximum atomic E-state index is 11.2. The first-order valence-electron chi connectivity index (χ1n) is 14.4. The minimum absolute atomic E-state index is 0.000704. The number of nitrogens with zero attached hydrogens (tertiary/aromatic N) is 11. The molecule has 0 unspecified atom stereocenters. The highest BCUT2D eigenvalue weighted by molar-refractivity contribution is 5.88. The lowest BCUT2D eigenvalue weighted by molar-refractivity contribution is -0.391. The smallest absolute Gasteiger partial charge is 0.323 e. The Labute approximate surface area is 246 Å². The quantitative estimate of drug-likeness (QED) is 0.195. The van der Waals surface area contributed by atoms with Crippen LogP contribution in [0.25, 0.3) is 22.3 Å². The zero-order chi connectivity index (χ0) is 29.3. The summed E-state index contributed by atoms with van der Waals surface area (Å²) in [4.78, 5) is 28.3. The van der Waals surface area contributed by atoms with Crippen molar-refractivity contribution in [2.75, 3.05) is 31.2 Å². The standard InChI is InChI=1S/C28H31N11O4/c1-35-21(4-7-26(35)39(40)41)17-38-33-27(32-34-38)19-14-23-24(30-16-19)15-25(36-10-12-42-13-11-36)31-28(23)43-22-5-2-20(3-6-22)37-9-8-29-18-37/h4,7-9,14-16,18,20,22H,2-3,5-6,10-13,17H2,1H3/t20-,22+. The van der Waals surface area contributed by atoms with Gasteiger partial charge < -0.3 is 29.1 Å². The minimum Gasteiger partial charge on any atom is -0.474 e. The van der Waals surface area contributed by atoms with Crippen LogP contribution >= 0.6 is 0 Å². The Kier molecular flexibility index (Phi) is 7.14. The van der Waals surface area contributed by atoms with Gasteiger partial charge in [-0.1, -0.05) is 0 Å². The van der Waals surface area contributed by atoms with E-state index < -0.39 is 4.92 Å². The Hall–Kier alpha value is -4.92. The lowest BCUT2D eigenvalue weighted by Crippen LogP contribution is -2.36. The van der Waals surface area contributed by atoms with E-state index in [0.717, 1.165) is 55.5 Å². The summed E-state index contributed by atoms with van der Waals surface area (Å²) in [5, 5.41) is 24.9. The van der Waals surface area contributed by atoms with Gasteiger partial charge in [0, 0.05) is 55.4 Å². The summed E-state index contributed by atoms with van der Waals surface area (Å²) in [6, 6.07) is 7.50. The molecule has 0 N–H and O–H groups in total. The summed E-state index contributed by atoms with van der Waals surface area (Å²) in [6.45, 7) is 3.04. The first kappa shape index (κ1) is 26.9. The van der Waals surface area contributed by atoms with Crippen LogP contribution in [0.1, 0.15) is 37.4 Å². The van der Waals surface area contributed by atoms with E-state index in [2.05, 4.69) is 29.9 Å². The minimum atomic E-state index is -0.423. The van der Waals surface area contributed by atoms with Crippen molar-refractivity contribution in [3.05, 3.63) is 65.0 Å². The highest BCUT2D eigenvalue weighted by Gasteiger charge is 2.26. The molecule has 1 saturated carbocycles. The topological polar surface area (TPSA) is 157 Å². The van der Waals surface area contributed by atoms with E-state index in [0.29, 0.717) is 42.2 Å². The van der Waals surface area contributed by atoms with E-state index in [4.69, 9.17) is 19.4 Å². The fourth-order valence-corrected chi connectivity index (χ4v) is 5.81. The molecule has 15 heteroatoms. The molecule has 6 heterocycles. The second kappa shape index (κ2) is 11.4. The number of hydrogen-bond acceptors (Lipinski definition) is 11. The fourth-order valence-electron chi connectivity index (χ4n) is 5.81. The predicted octanol–water partition coefficient (Wildman–Crippen LogP) is 3.17. The Morgan fingerprint density at radius 2 is 1.98 bits per heavy atom. The first-order valence-corrected chi connectivity index (χ1v) is 14.4. The van der Waals surface area contributed by atoms with E-state index in [1.807, 2.05) is 30.9 Å². The van der Waals surface area contributed by atoms with Crippen LogP contribution in [-0.2, 0) is 18.3 Å². The molecule has 1 aliphatic carbocycles. The van der Waals surface area contributed by atoms with E-state index in [1.165, 1.54) is 15.4 Å². The molecular weight excluding hydrogens is 554 g/mol. The molecule has 5 aromatic rings. The third kappa shape index (κ3) is 5.50. The number of anilines is 1. The number of aromatic nitrogens is 9. The lowest BCUT2D eigenvalue weighted by atomic mass is 9.93. The zero-order valence-electron chi connectivity index (χ0n) is 23.7. The molecule has 0 spiro atoms. The molecule has 222 valence electrons. The number of hydrogen-bond donors (Lipinski definition) is 0. The monoisotopic (exact) mass is 585 g/mol. The summed E-state index contributed by atoms with van der Waals surface area (Å²) in [6.07, 6.45) is 11.3. The van der Waals surface area contributed by atoms with Gasteiger partial charge in [0.05, 0.1) is 37.5 Å². The molecular formula is C28H31N11O4. The van der Waals surface area contributed by atoms with Crippen LogP contribution in [0.5, 0.6) is 5.88 Å². The van der Waals surface area contributed by atoms with Gasteiger partial charge in [-0.15, -0.1) is 10.2 Å². The number of pyridine rings is 2. The summed E-state index contributed by atoms with van der Waals surface area (Å²) in [5.74, 6) is 1.75. The van der Waals surface area contributed by atoms with Crippen LogP contribution < -0.4 is 9.64 Å². The first-order chi connectivity index (χ1) is 21.0. The third-order valence-electron chi connectivity index (χ3n) is 8.24. The van der Waals surface area contributed by atoms with Crippen LogP contribution in [0.15, 0.2) is 49.2 Å². The SMILES string of the molecule is Cn1c(Cn2nnc(-c3cnc4cc(N5CCOCC5)nc(O[C@H]5CC[C@@H](n6ccnc6)CC5)c4c3)n2)ccc1[N+](=O)[O-]. The van der Waals surface area contributed by atoms with E-state index >= 15 is 0 Å². The third-order valence-corrected chi connectivity index (χ3v) is 8.24. The molecule has 5 aromatic heterocycles. The molecule has 2 aliphatic rings. The second-order valence-corrected chi connectivity index (χ2v) is 10.9. The van der Waals surface area contributed by atoms with Crippen LogP contribution in [0.3, 0.4) is 0 Å². The highest BCUT2D eigenvalue weighted by atomic mass is 16.6.